The third-order valence-corrected chi connectivity index (χ3v) is 2.21. The normalized spacial score (nSPS) is 9.80. The second-order valence-electron chi connectivity index (χ2n) is 3.37. The van der Waals surface area contributed by atoms with Crippen LogP contribution in [0.1, 0.15) is 11.1 Å². The molecule has 0 atom stereocenters. The molecule has 2 heteroatoms. The predicted octanol–water partition coefficient (Wildman–Crippen LogP) is 2.61. The smallest absolute Gasteiger partial charge is 0.0912 e. The van der Waals surface area contributed by atoms with Gasteiger partial charge in [-0.25, -0.2) is 0 Å². The Kier molecular flexibility index (Phi) is 2.85. The molecule has 0 N–H and O–H groups in total. The van der Waals surface area contributed by atoms with Crippen LogP contribution in [-0.4, -0.2) is 4.57 Å². The van der Waals surface area contributed by atoms with E-state index in [0.29, 0.717) is 0 Å². The third kappa shape index (κ3) is 2.47. The number of benzene rings is 1. The Labute approximate surface area is 89.4 Å². The second kappa shape index (κ2) is 4.47. The Morgan fingerprint density at radius 1 is 1.20 bits per heavy atom. The molecule has 0 saturated heterocycles. The van der Waals surface area contributed by atoms with E-state index >= 15 is 0 Å². The van der Waals surface area contributed by atoms with Crippen LogP contribution < -0.4 is 0 Å². The van der Waals surface area contributed by atoms with E-state index in [2.05, 4.69) is 10.6 Å². The lowest BCUT2D eigenvalue weighted by molar-refractivity contribution is 0.806. The first-order chi connectivity index (χ1) is 7.38. The quantitative estimate of drug-likeness (QED) is 0.740. The van der Waals surface area contributed by atoms with Gasteiger partial charge >= 0.3 is 0 Å². The topological polar surface area (TPSA) is 28.7 Å². The van der Waals surface area contributed by atoms with Gasteiger partial charge in [0.2, 0.25) is 0 Å². The maximum Gasteiger partial charge on any atom is 0.0912 e. The fourth-order valence-corrected chi connectivity index (χ4v) is 1.54. The number of aromatic nitrogens is 1. The zero-order valence-corrected chi connectivity index (χ0v) is 8.30. The summed E-state index contributed by atoms with van der Waals surface area (Å²) in [5.41, 5.74) is 2.16. The zero-order valence-electron chi connectivity index (χ0n) is 8.30. The van der Waals surface area contributed by atoms with E-state index in [9.17, 15) is 0 Å². The van der Waals surface area contributed by atoms with Crippen molar-refractivity contribution in [2.45, 2.75) is 6.54 Å². The van der Waals surface area contributed by atoms with Gasteiger partial charge < -0.3 is 4.57 Å². The van der Waals surface area contributed by atoms with E-state index in [1.807, 2.05) is 48.8 Å². The van der Waals surface area contributed by atoms with E-state index in [4.69, 9.17) is 5.26 Å². The highest BCUT2D eigenvalue weighted by Gasteiger charge is 1.96. The molecule has 2 aromatic rings. The summed E-state index contributed by atoms with van der Waals surface area (Å²) in [6, 6.07) is 14.1. The molecular formula is C13H11N2. The average molecular weight is 195 g/mol. The monoisotopic (exact) mass is 195 g/mol. The Bertz CT molecular complexity index is 464. The van der Waals surface area contributed by atoms with Gasteiger partial charge in [-0.05, 0) is 23.3 Å². The van der Waals surface area contributed by atoms with Crippen molar-refractivity contribution < 1.29 is 0 Å². The van der Waals surface area contributed by atoms with E-state index in [0.717, 1.165) is 12.1 Å². The van der Waals surface area contributed by atoms with Crippen LogP contribution in [0.3, 0.4) is 0 Å². The van der Waals surface area contributed by atoms with Gasteiger partial charge in [-0.3, -0.25) is 0 Å². The molecule has 0 amide bonds. The van der Waals surface area contributed by atoms with E-state index in [1.165, 1.54) is 5.56 Å². The zero-order chi connectivity index (χ0) is 10.5. The first-order valence-corrected chi connectivity index (χ1v) is 4.81. The summed E-state index contributed by atoms with van der Waals surface area (Å²) in [5, 5.41) is 8.56. The fraction of sp³-hybridized carbons (Fsp3) is 0.0769. The minimum atomic E-state index is 0.847. The molecule has 0 fully saturated rings. The third-order valence-electron chi connectivity index (χ3n) is 2.21. The van der Waals surface area contributed by atoms with Crippen LogP contribution in [0.2, 0.25) is 0 Å². The van der Waals surface area contributed by atoms with E-state index in [1.54, 1.807) is 6.42 Å². The van der Waals surface area contributed by atoms with Gasteiger partial charge in [0.05, 0.1) is 12.5 Å². The van der Waals surface area contributed by atoms with Crippen LogP contribution in [0.5, 0.6) is 0 Å². The summed E-state index contributed by atoms with van der Waals surface area (Å²) >= 11 is 0. The molecule has 1 radical (unpaired) electrons. The maximum atomic E-state index is 8.56. The van der Waals surface area contributed by atoms with Gasteiger partial charge in [-0.1, -0.05) is 24.3 Å². The molecule has 0 unspecified atom stereocenters. The molecule has 0 bridgehead atoms. The van der Waals surface area contributed by atoms with Crippen molar-refractivity contribution in [1.29, 1.82) is 5.26 Å². The molecule has 2 nitrogen and oxygen atoms in total. The molecule has 15 heavy (non-hydrogen) atoms. The maximum absolute atomic E-state index is 8.56. The molecule has 2 rings (SSSR count). The minimum absolute atomic E-state index is 0.847. The van der Waals surface area contributed by atoms with Crippen LogP contribution in [0.4, 0.5) is 0 Å². The van der Waals surface area contributed by atoms with Crippen LogP contribution in [0, 0.1) is 17.8 Å². The highest BCUT2D eigenvalue weighted by molar-refractivity contribution is 5.33. The van der Waals surface area contributed by atoms with Gasteiger partial charge in [-0.15, -0.1) is 0 Å². The molecule has 0 aliphatic rings. The summed E-state index contributed by atoms with van der Waals surface area (Å²) in [5.74, 6) is 0. The summed E-state index contributed by atoms with van der Waals surface area (Å²) in [4.78, 5) is 0. The lowest BCUT2D eigenvalue weighted by Crippen LogP contribution is -1.96. The highest BCUT2D eigenvalue weighted by Crippen LogP contribution is 2.08. The molecule has 0 aliphatic carbocycles. The summed E-state index contributed by atoms with van der Waals surface area (Å²) < 4.78 is 2.10. The number of nitriles is 1. The van der Waals surface area contributed by atoms with Crippen molar-refractivity contribution >= 4 is 0 Å². The van der Waals surface area contributed by atoms with Crippen LogP contribution in [0.25, 0.3) is 0 Å². The standard InChI is InChI=1S/C13H11N2/c14-7-6-12-4-3-5-13(10-12)11-15-8-1-2-9-15/h1-6,8-10H,11H2. The van der Waals surface area contributed by atoms with Crippen molar-refractivity contribution in [1.82, 2.24) is 4.57 Å². The Balaban J connectivity index is 2.15. The van der Waals surface area contributed by atoms with Gasteiger partial charge in [0, 0.05) is 18.9 Å². The SMILES string of the molecule is N#C[CH]c1cccc(Cn2cccc2)c1. The van der Waals surface area contributed by atoms with Crippen LogP contribution in [0.15, 0.2) is 48.8 Å². The lowest BCUT2D eigenvalue weighted by Gasteiger charge is -2.04. The first kappa shape index (κ1) is 9.54. The molecule has 0 aliphatic heterocycles. The lowest BCUT2D eigenvalue weighted by atomic mass is 10.1. The molecule has 0 saturated carbocycles. The molecule has 1 aromatic carbocycles. The van der Waals surface area contributed by atoms with Crippen LogP contribution >= 0.6 is 0 Å². The first-order valence-electron chi connectivity index (χ1n) is 4.81. The van der Waals surface area contributed by atoms with Crippen molar-refractivity contribution in [3.05, 3.63) is 66.3 Å². The van der Waals surface area contributed by atoms with Gasteiger partial charge in [0.25, 0.3) is 0 Å². The molecule has 1 aromatic heterocycles. The van der Waals surface area contributed by atoms with E-state index < -0.39 is 0 Å². The molecule has 73 valence electrons. The molecule has 1 heterocycles. The predicted molar refractivity (Wildman–Crippen MR) is 59.0 cm³/mol. The van der Waals surface area contributed by atoms with E-state index in [-0.39, 0.29) is 0 Å². The Morgan fingerprint density at radius 3 is 2.73 bits per heavy atom. The van der Waals surface area contributed by atoms with Crippen molar-refractivity contribution in [3.63, 3.8) is 0 Å². The van der Waals surface area contributed by atoms with Gasteiger partial charge in [-0.2, -0.15) is 5.26 Å². The Hall–Kier alpha value is -2.01. The number of hydrogen-bond donors (Lipinski definition) is 0. The number of nitrogens with zero attached hydrogens (tertiary/aromatic N) is 2. The summed E-state index contributed by atoms with van der Waals surface area (Å²) in [7, 11) is 0. The summed E-state index contributed by atoms with van der Waals surface area (Å²) in [6.07, 6.45) is 5.61. The fourth-order valence-electron chi connectivity index (χ4n) is 1.54. The number of rotatable bonds is 3. The van der Waals surface area contributed by atoms with Gasteiger partial charge in [0.15, 0.2) is 0 Å². The van der Waals surface area contributed by atoms with Crippen molar-refractivity contribution in [2.24, 2.45) is 0 Å². The number of hydrogen-bond acceptors (Lipinski definition) is 1. The van der Waals surface area contributed by atoms with Crippen molar-refractivity contribution in [2.75, 3.05) is 0 Å². The van der Waals surface area contributed by atoms with Gasteiger partial charge in [0.1, 0.15) is 0 Å². The van der Waals surface area contributed by atoms with Crippen molar-refractivity contribution in [3.8, 4) is 6.07 Å². The minimum Gasteiger partial charge on any atom is -0.350 e. The largest absolute Gasteiger partial charge is 0.350 e. The molecular weight excluding hydrogens is 184 g/mol. The van der Waals surface area contributed by atoms with Crippen LogP contribution in [-0.2, 0) is 6.54 Å². The summed E-state index contributed by atoms with van der Waals surface area (Å²) in [6.45, 7) is 0.847. The second-order valence-corrected chi connectivity index (χ2v) is 3.37. The molecule has 0 spiro atoms. The highest BCUT2D eigenvalue weighted by atomic mass is 14.9. The Morgan fingerprint density at radius 2 is 2.00 bits per heavy atom. The average Bonchev–Trinajstić information content (AvgIpc) is 2.71.